The zero-order valence-corrected chi connectivity index (χ0v) is 20.8. The summed E-state index contributed by atoms with van der Waals surface area (Å²) in [6.45, 7) is 8.68. The minimum Gasteiger partial charge on any atom is -0.497 e. The van der Waals surface area contributed by atoms with Crippen molar-refractivity contribution in [2.75, 3.05) is 14.2 Å². The van der Waals surface area contributed by atoms with Gasteiger partial charge < -0.3 is 14.2 Å². The van der Waals surface area contributed by atoms with Crippen LogP contribution in [0.15, 0.2) is 60.7 Å². The van der Waals surface area contributed by atoms with Gasteiger partial charge in [-0.3, -0.25) is 4.79 Å². The summed E-state index contributed by atoms with van der Waals surface area (Å²) in [4.78, 5) is 11.5. The second kappa shape index (κ2) is 10.7. The average molecular weight is 465 g/mol. The summed E-state index contributed by atoms with van der Waals surface area (Å²) in [7, 11) is 2.97. The second-order valence-corrected chi connectivity index (χ2v) is 9.51. The molecule has 3 rings (SSSR count). The van der Waals surface area contributed by atoms with Crippen molar-refractivity contribution in [1.29, 1.82) is 0 Å². The van der Waals surface area contributed by atoms with Gasteiger partial charge in [-0.05, 0) is 70.0 Å². The molecular formula is C29H33FO4. The molecular weight excluding hydrogens is 431 g/mol. The van der Waals surface area contributed by atoms with E-state index in [-0.39, 0.29) is 23.1 Å². The topological polar surface area (TPSA) is 44.8 Å². The van der Waals surface area contributed by atoms with Gasteiger partial charge in [0.25, 0.3) is 0 Å². The third kappa shape index (κ3) is 6.16. The highest BCUT2D eigenvalue weighted by molar-refractivity contribution is 5.71. The van der Waals surface area contributed by atoms with Crippen LogP contribution in [0.1, 0.15) is 56.7 Å². The fourth-order valence-corrected chi connectivity index (χ4v) is 3.91. The maximum Gasteiger partial charge on any atom is 0.306 e. The molecule has 0 aliphatic heterocycles. The van der Waals surface area contributed by atoms with E-state index >= 15 is 0 Å². The Morgan fingerprint density at radius 2 is 1.59 bits per heavy atom. The number of esters is 1. The first kappa shape index (κ1) is 25.3. The first-order valence-corrected chi connectivity index (χ1v) is 11.4. The number of carbonyl (C=O) groups is 1. The third-order valence-corrected chi connectivity index (χ3v) is 5.91. The molecule has 0 spiro atoms. The highest BCUT2D eigenvalue weighted by atomic mass is 19.1. The SMILES string of the molecule is COC(=O)C[C@H](C)c1ccc(OCc2ccc(C(C)(C)C)c(-c3cc(OC)ccc3F)c2)cc1. The predicted octanol–water partition coefficient (Wildman–Crippen LogP) is 7.04. The predicted molar refractivity (Wildman–Crippen MR) is 133 cm³/mol. The van der Waals surface area contributed by atoms with Crippen molar-refractivity contribution in [3.8, 4) is 22.6 Å². The number of benzene rings is 3. The van der Waals surface area contributed by atoms with E-state index in [1.165, 1.54) is 13.2 Å². The number of ether oxygens (including phenoxy) is 3. The van der Waals surface area contributed by atoms with Gasteiger partial charge in [0.2, 0.25) is 0 Å². The highest BCUT2D eigenvalue weighted by Crippen LogP contribution is 2.37. The number of rotatable bonds is 8. The Morgan fingerprint density at radius 3 is 2.21 bits per heavy atom. The molecule has 0 aromatic heterocycles. The fraction of sp³-hybridized carbons (Fsp3) is 0.345. The molecule has 4 nitrogen and oxygen atoms in total. The minimum absolute atomic E-state index is 0.0618. The molecule has 3 aromatic rings. The van der Waals surface area contributed by atoms with Crippen molar-refractivity contribution < 1.29 is 23.4 Å². The second-order valence-electron chi connectivity index (χ2n) is 9.51. The number of hydrogen-bond acceptors (Lipinski definition) is 4. The van der Waals surface area contributed by atoms with E-state index in [9.17, 15) is 9.18 Å². The van der Waals surface area contributed by atoms with Crippen molar-refractivity contribution >= 4 is 5.97 Å². The molecule has 0 aliphatic rings. The van der Waals surface area contributed by atoms with Crippen LogP contribution >= 0.6 is 0 Å². The Balaban J connectivity index is 1.82. The summed E-state index contributed by atoms with van der Waals surface area (Å²) in [5.74, 6) is 0.880. The quantitative estimate of drug-likeness (QED) is 0.335. The van der Waals surface area contributed by atoms with Crippen molar-refractivity contribution in [2.45, 2.75) is 52.1 Å². The molecule has 0 bridgehead atoms. The molecule has 0 aliphatic carbocycles. The number of halogens is 1. The van der Waals surface area contributed by atoms with Crippen LogP contribution < -0.4 is 9.47 Å². The average Bonchev–Trinajstić information content (AvgIpc) is 2.82. The molecule has 5 heteroatoms. The maximum absolute atomic E-state index is 14.8. The van der Waals surface area contributed by atoms with Gasteiger partial charge in [-0.15, -0.1) is 0 Å². The Bertz CT molecular complexity index is 1130. The molecule has 0 saturated carbocycles. The standard InChI is InChI=1S/C29H33FO4/c1-19(15-28(31)33-6)21-8-10-22(11-9-21)34-18-20-7-13-26(29(2,3)4)24(16-20)25-17-23(32-5)12-14-27(25)30/h7-14,16-17,19H,15,18H2,1-6H3/t19-/m0/s1. The lowest BCUT2D eigenvalue weighted by Crippen LogP contribution is -2.13. The van der Waals surface area contributed by atoms with Crippen LogP contribution in [0.4, 0.5) is 4.39 Å². The fourth-order valence-electron chi connectivity index (χ4n) is 3.91. The summed E-state index contributed by atoms with van der Waals surface area (Å²) < 4.78 is 30.9. The first-order valence-electron chi connectivity index (χ1n) is 11.4. The van der Waals surface area contributed by atoms with Crippen molar-refractivity contribution in [3.05, 3.63) is 83.2 Å². The van der Waals surface area contributed by atoms with Gasteiger partial charge in [0.15, 0.2) is 0 Å². The summed E-state index contributed by atoms with van der Waals surface area (Å²) in [5.41, 5.74) is 4.21. The summed E-state index contributed by atoms with van der Waals surface area (Å²) in [5, 5.41) is 0. The lowest BCUT2D eigenvalue weighted by Gasteiger charge is -2.24. The summed E-state index contributed by atoms with van der Waals surface area (Å²) in [6.07, 6.45) is 0.334. The van der Waals surface area contributed by atoms with Crippen molar-refractivity contribution in [1.82, 2.24) is 0 Å². The van der Waals surface area contributed by atoms with Crippen LogP contribution in [0, 0.1) is 5.82 Å². The number of methoxy groups -OCH3 is 2. The van der Waals surface area contributed by atoms with Gasteiger partial charge in [-0.25, -0.2) is 4.39 Å². The largest absolute Gasteiger partial charge is 0.497 e. The van der Waals surface area contributed by atoms with E-state index in [4.69, 9.17) is 14.2 Å². The van der Waals surface area contributed by atoms with Gasteiger partial charge in [0.1, 0.15) is 23.9 Å². The van der Waals surface area contributed by atoms with Crippen LogP contribution in [0.2, 0.25) is 0 Å². The highest BCUT2D eigenvalue weighted by Gasteiger charge is 2.21. The van der Waals surface area contributed by atoms with Crippen LogP contribution in [-0.2, 0) is 21.6 Å². The van der Waals surface area contributed by atoms with Crippen LogP contribution in [0.5, 0.6) is 11.5 Å². The van der Waals surface area contributed by atoms with Gasteiger partial charge in [0.05, 0.1) is 20.6 Å². The normalized spacial score (nSPS) is 12.2. The van der Waals surface area contributed by atoms with Gasteiger partial charge in [0, 0.05) is 5.56 Å². The Morgan fingerprint density at radius 1 is 0.912 bits per heavy atom. The number of carbonyl (C=O) groups excluding carboxylic acids is 1. The molecule has 1 atom stereocenters. The molecule has 0 saturated heterocycles. The molecule has 0 heterocycles. The van der Waals surface area contributed by atoms with E-state index in [2.05, 4.69) is 20.8 Å². The van der Waals surface area contributed by atoms with Gasteiger partial charge in [-0.2, -0.15) is 0 Å². The van der Waals surface area contributed by atoms with Gasteiger partial charge in [-0.1, -0.05) is 52.0 Å². The summed E-state index contributed by atoms with van der Waals surface area (Å²) in [6, 6.07) is 18.6. The summed E-state index contributed by atoms with van der Waals surface area (Å²) >= 11 is 0. The maximum atomic E-state index is 14.8. The molecule has 0 unspecified atom stereocenters. The Labute approximate surface area is 201 Å². The van der Waals surface area contributed by atoms with E-state index in [1.807, 2.05) is 49.4 Å². The first-order chi connectivity index (χ1) is 16.1. The van der Waals surface area contributed by atoms with E-state index in [0.717, 1.165) is 28.0 Å². The number of hydrogen-bond donors (Lipinski definition) is 0. The Kier molecular flexibility index (Phi) is 7.98. The third-order valence-electron chi connectivity index (χ3n) is 5.91. The van der Waals surface area contributed by atoms with E-state index in [1.54, 1.807) is 19.2 Å². The molecule has 0 fully saturated rings. The van der Waals surface area contributed by atoms with Crippen LogP contribution in [0.3, 0.4) is 0 Å². The lowest BCUT2D eigenvalue weighted by molar-refractivity contribution is -0.140. The molecule has 34 heavy (non-hydrogen) atoms. The lowest BCUT2D eigenvalue weighted by atomic mass is 9.81. The van der Waals surface area contributed by atoms with Crippen LogP contribution in [0.25, 0.3) is 11.1 Å². The van der Waals surface area contributed by atoms with Crippen LogP contribution in [-0.4, -0.2) is 20.2 Å². The monoisotopic (exact) mass is 464 g/mol. The van der Waals surface area contributed by atoms with E-state index in [0.29, 0.717) is 24.3 Å². The van der Waals surface area contributed by atoms with E-state index < -0.39 is 0 Å². The minimum atomic E-state index is -0.291. The van der Waals surface area contributed by atoms with Gasteiger partial charge >= 0.3 is 5.97 Å². The zero-order valence-electron chi connectivity index (χ0n) is 20.8. The zero-order chi connectivity index (χ0) is 24.9. The molecule has 3 aromatic carbocycles. The van der Waals surface area contributed by atoms with Crippen molar-refractivity contribution in [2.24, 2.45) is 0 Å². The smallest absolute Gasteiger partial charge is 0.306 e. The molecule has 180 valence electrons. The molecule has 0 N–H and O–H groups in total. The van der Waals surface area contributed by atoms with Crippen molar-refractivity contribution in [3.63, 3.8) is 0 Å². The Hall–Kier alpha value is -3.34. The molecule has 0 amide bonds. The molecule has 0 radical (unpaired) electrons.